The molecule has 6 heteroatoms. The number of nitriles is 1. The van der Waals surface area contributed by atoms with Gasteiger partial charge in [-0.25, -0.2) is 0 Å². The van der Waals surface area contributed by atoms with E-state index < -0.39 is 10.5 Å². The summed E-state index contributed by atoms with van der Waals surface area (Å²) in [5.41, 5.74) is -0.457. The lowest BCUT2D eigenvalue weighted by molar-refractivity contribution is -0.384. The summed E-state index contributed by atoms with van der Waals surface area (Å²) in [7, 11) is 1.77. The molecule has 0 heterocycles. The van der Waals surface area contributed by atoms with E-state index in [0.29, 0.717) is 6.42 Å². The second kappa shape index (κ2) is 6.55. The second-order valence-electron chi connectivity index (χ2n) is 4.58. The van der Waals surface area contributed by atoms with Crippen LogP contribution in [0.25, 0.3) is 0 Å². The van der Waals surface area contributed by atoms with E-state index >= 15 is 0 Å². The van der Waals surface area contributed by atoms with Crippen LogP contribution in [0.5, 0.6) is 0 Å². The minimum Gasteiger partial charge on any atom is -0.303 e. The Morgan fingerprint density at radius 2 is 2.11 bits per heavy atom. The van der Waals surface area contributed by atoms with E-state index in [4.69, 9.17) is 5.26 Å². The number of nitrogens with zero attached hydrogens (tertiary/aromatic N) is 2. The topological polar surface area (TPSA) is 79.0 Å². The fraction of sp³-hybridized carbons (Fsp3) is 0.462. The molecule has 1 rings (SSSR count). The third kappa shape index (κ3) is 4.54. The van der Waals surface area contributed by atoms with Crippen LogP contribution in [-0.4, -0.2) is 22.8 Å². The number of thioether (sulfide) groups is 1. The highest BCUT2D eigenvalue weighted by molar-refractivity contribution is 7.99. The van der Waals surface area contributed by atoms with Gasteiger partial charge in [0.05, 0.1) is 11.0 Å². The molecule has 0 fully saturated rings. The largest absolute Gasteiger partial charge is 0.303 e. The highest BCUT2D eigenvalue weighted by atomic mass is 32.2. The van der Waals surface area contributed by atoms with Crippen LogP contribution in [0.4, 0.5) is 5.69 Å². The average Bonchev–Trinajstić information content (AvgIpc) is 2.39. The van der Waals surface area contributed by atoms with E-state index in [0.717, 1.165) is 4.90 Å². The van der Waals surface area contributed by atoms with Crippen molar-refractivity contribution in [3.63, 3.8) is 0 Å². The zero-order chi connectivity index (χ0) is 14.5. The Balaban J connectivity index is 2.65. The fourth-order valence-corrected chi connectivity index (χ4v) is 2.87. The van der Waals surface area contributed by atoms with E-state index in [1.165, 1.54) is 12.1 Å². The molecule has 2 unspecified atom stereocenters. The minimum absolute atomic E-state index is 0.0918. The lowest BCUT2D eigenvalue weighted by atomic mass is 9.98. The normalized spacial score (nSPS) is 15.3. The average molecular weight is 279 g/mol. The van der Waals surface area contributed by atoms with Crippen molar-refractivity contribution in [1.29, 1.82) is 5.26 Å². The van der Waals surface area contributed by atoms with Crippen molar-refractivity contribution in [3.05, 3.63) is 34.4 Å². The Morgan fingerprint density at radius 3 is 2.53 bits per heavy atom. The number of non-ortho nitro benzene ring substituents is 1. The second-order valence-corrected chi connectivity index (χ2v) is 6.09. The molecule has 1 aromatic rings. The van der Waals surface area contributed by atoms with Gasteiger partial charge in [-0.3, -0.25) is 10.1 Å². The van der Waals surface area contributed by atoms with Gasteiger partial charge in [-0.15, -0.1) is 11.8 Å². The number of benzene rings is 1. The molecule has 1 N–H and O–H groups in total. The van der Waals surface area contributed by atoms with Gasteiger partial charge in [0.2, 0.25) is 0 Å². The summed E-state index contributed by atoms with van der Waals surface area (Å²) in [4.78, 5) is 11.1. The zero-order valence-electron chi connectivity index (χ0n) is 11.2. The predicted octanol–water partition coefficient (Wildman–Crippen LogP) is 2.97. The highest BCUT2D eigenvalue weighted by Gasteiger charge is 2.24. The summed E-state index contributed by atoms with van der Waals surface area (Å²) in [6.07, 6.45) is 0.696. The summed E-state index contributed by atoms with van der Waals surface area (Å²) in [5.74, 6) is 0. The van der Waals surface area contributed by atoms with Gasteiger partial charge in [0.25, 0.3) is 5.69 Å². The standard InChI is InChI=1S/C13H17N3O2S/c1-10(8-13(2,9-14)15-3)19-12-6-4-11(5-7-12)16(17)18/h4-7,10,15H,8H2,1-3H3. The maximum atomic E-state index is 10.6. The van der Waals surface area contributed by atoms with Crippen molar-refractivity contribution in [3.8, 4) is 6.07 Å². The van der Waals surface area contributed by atoms with Crippen molar-refractivity contribution in [2.24, 2.45) is 0 Å². The molecular formula is C13H17N3O2S. The predicted molar refractivity (Wildman–Crippen MR) is 76.1 cm³/mol. The number of hydrogen-bond donors (Lipinski definition) is 1. The first kappa shape index (κ1) is 15.5. The van der Waals surface area contributed by atoms with Gasteiger partial charge in [-0.1, -0.05) is 6.92 Å². The number of nitro groups is 1. The number of rotatable bonds is 6. The van der Waals surface area contributed by atoms with Crippen LogP contribution in [0.15, 0.2) is 29.2 Å². The Kier molecular flexibility index (Phi) is 5.33. The molecule has 0 amide bonds. The summed E-state index contributed by atoms with van der Waals surface area (Å²) in [6, 6.07) is 8.73. The molecule has 5 nitrogen and oxygen atoms in total. The first-order chi connectivity index (χ1) is 8.90. The molecule has 0 saturated heterocycles. The lowest BCUT2D eigenvalue weighted by Crippen LogP contribution is -2.40. The molecule has 0 aromatic heterocycles. The zero-order valence-corrected chi connectivity index (χ0v) is 12.0. The molecule has 19 heavy (non-hydrogen) atoms. The van der Waals surface area contributed by atoms with Crippen molar-refractivity contribution >= 4 is 17.4 Å². The summed E-state index contributed by atoms with van der Waals surface area (Å²) < 4.78 is 0. The van der Waals surface area contributed by atoms with Crippen molar-refractivity contribution in [2.75, 3.05) is 7.05 Å². The van der Waals surface area contributed by atoms with Crippen LogP contribution in [0.1, 0.15) is 20.3 Å². The van der Waals surface area contributed by atoms with Gasteiger partial charge >= 0.3 is 0 Å². The van der Waals surface area contributed by atoms with Crippen molar-refractivity contribution < 1.29 is 4.92 Å². The SMILES string of the molecule is CNC(C)(C#N)CC(C)Sc1ccc([N+](=O)[O-])cc1. The smallest absolute Gasteiger partial charge is 0.269 e. The molecule has 0 spiro atoms. The van der Waals surface area contributed by atoms with E-state index in [1.807, 2.05) is 13.8 Å². The quantitative estimate of drug-likeness (QED) is 0.492. The molecule has 0 aliphatic heterocycles. The molecule has 0 saturated carbocycles. The van der Waals surface area contributed by atoms with Crippen LogP contribution >= 0.6 is 11.8 Å². The molecule has 0 aliphatic rings. The highest BCUT2D eigenvalue weighted by Crippen LogP contribution is 2.29. The maximum Gasteiger partial charge on any atom is 0.269 e. The first-order valence-electron chi connectivity index (χ1n) is 5.91. The summed E-state index contributed by atoms with van der Waals surface area (Å²) in [5, 5.41) is 22.9. The Labute approximate surface area is 117 Å². The fourth-order valence-electron chi connectivity index (χ4n) is 1.70. The van der Waals surface area contributed by atoms with Crippen LogP contribution in [0.3, 0.4) is 0 Å². The van der Waals surface area contributed by atoms with E-state index in [-0.39, 0.29) is 10.9 Å². The van der Waals surface area contributed by atoms with Crippen LogP contribution in [-0.2, 0) is 0 Å². The van der Waals surface area contributed by atoms with Gasteiger partial charge in [-0.05, 0) is 32.5 Å². The maximum absolute atomic E-state index is 10.6. The molecule has 1 aromatic carbocycles. The van der Waals surface area contributed by atoms with Gasteiger partial charge < -0.3 is 5.32 Å². The Hall–Kier alpha value is -1.58. The monoisotopic (exact) mass is 279 g/mol. The minimum atomic E-state index is -0.548. The number of nitro benzene ring substituents is 1. The van der Waals surface area contributed by atoms with Crippen molar-refractivity contribution in [1.82, 2.24) is 5.32 Å². The molecule has 0 aliphatic carbocycles. The molecular weight excluding hydrogens is 262 g/mol. The Bertz CT molecular complexity index is 484. The third-order valence-electron chi connectivity index (χ3n) is 2.88. The Morgan fingerprint density at radius 1 is 1.53 bits per heavy atom. The summed E-state index contributed by atoms with van der Waals surface area (Å²) in [6.45, 7) is 3.90. The van der Waals surface area contributed by atoms with Gasteiger partial charge in [-0.2, -0.15) is 5.26 Å². The first-order valence-corrected chi connectivity index (χ1v) is 6.79. The number of hydrogen-bond acceptors (Lipinski definition) is 5. The molecule has 2 atom stereocenters. The van der Waals surface area contributed by atoms with Gasteiger partial charge in [0, 0.05) is 22.3 Å². The van der Waals surface area contributed by atoms with Crippen LogP contribution < -0.4 is 5.32 Å². The van der Waals surface area contributed by atoms with E-state index in [1.54, 1.807) is 30.9 Å². The van der Waals surface area contributed by atoms with Gasteiger partial charge in [0.1, 0.15) is 5.54 Å². The summed E-state index contributed by atoms with van der Waals surface area (Å²) >= 11 is 1.61. The number of nitrogens with one attached hydrogen (secondary N) is 1. The van der Waals surface area contributed by atoms with E-state index in [2.05, 4.69) is 11.4 Å². The lowest BCUT2D eigenvalue weighted by Gasteiger charge is -2.24. The van der Waals surface area contributed by atoms with Crippen LogP contribution in [0.2, 0.25) is 0 Å². The van der Waals surface area contributed by atoms with Crippen LogP contribution in [0, 0.1) is 21.4 Å². The molecule has 102 valence electrons. The van der Waals surface area contributed by atoms with E-state index in [9.17, 15) is 10.1 Å². The molecule has 0 radical (unpaired) electrons. The van der Waals surface area contributed by atoms with Crippen molar-refractivity contribution in [2.45, 2.75) is 36.0 Å². The molecule has 0 bridgehead atoms. The van der Waals surface area contributed by atoms with Gasteiger partial charge in [0.15, 0.2) is 0 Å². The third-order valence-corrected chi connectivity index (χ3v) is 3.99.